The molecule has 2 aromatic rings. The van der Waals surface area contributed by atoms with E-state index in [1.807, 2.05) is 0 Å². The van der Waals surface area contributed by atoms with Gasteiger partial charge in [0.1, 0.15) is 5.57 Å². The number of amides is 3. The van der Waals surface area contributed by atoms with Crippen molar-refractivity contribution in [2.24, 2.45) is 0 Å². The number of ether oxygens (including phenoxy) is 2. The van der Waals surface area contributed by atoms with Crippen molar-refractivity contribution >= 4 is 46.8 Å². The molecule has 1 N–H and O–H groups in total. The molecule has 34 heavy (non-hydrogen) atoms. The van der Waals surface area contributed by atoms with Crippen molar-refractivity contribution < 1.29 is 28.8 Å². The Morgan fingerprint density at radius 3 is 2.59 bits per heavy atom. The predicted octanol–water partition coefficient (Wildman–Crippen LogP) is 1.95. The third-order valence-electron chi connectivity index (χ3n) is 5.16. The average molecular weight is 487 g/mol. The molecule has 2 aliphatic heterocycles. The smallest absolute Gasteiger partial charge is 0.313 e. The monoisotopic (exact) mass is 486 g/mol. The van der Waals surface area contributed by atoms with E-state index < -0.39 is 29.0 Å². The molecule has 0 atom stereocenters. The number of carbonyl (C=O) groups is 3. The molecule has 0 spiro atoms. The fourth-order valence-corrected chi connectivity index (χ4v) is 3.76. The first-order valence-corrected chi connectivity index (χ1v) is 10.6. The number of benzene rings is 2. The highest BCUT2D eigenvalue weighted by Crippen LogP contribution is 2.37. The lowest BCUT2D eigenvalue weighted by molar-refractivity contribution is -0.385. The molecule has 0 aromatic heterocycles. The van der Waals surface area contributed by atoms with Crippen molar-refractivity contribution in [2.45, 2.75) is 0 Å². The predicted molar refractivity (Wildman–Crippen MR) is 121 cm³/mol. The van der Waals surface area contributed by atoms with Gasteiger partial charge in [-0.1, -0.05) is 29.8 Å². The van der Waals surface area contributed by atoms with Crippen molar-refractivity contribution in [3.8, 4) is 5.75 Å². The van der Waals surface area contributed by atoms with Gasteiger partial charge < -0.3 is 14.4 Å². The maximum Gasteiger partial charge on any atom is 0.313 e. The molecule has 0 aliphatic carbocycles. The van der Waals surface area contributed by atoms with Gasteiger partial charge in [0.25, 0.3) is 17.7 Å². The van der Waals surface area contributed by atoms with E-state index >= 15 is 0 Å². The second-order valence-electron chi connectivity index (χ2n) is 7.36. The highest BCUT2D eigenvalue weighted by Gasteiger charge is 2.34. The molecule has 0 saturated carbocycles. The Morgan fingerprint density at radius 1 is 1.21 bits per heavy atom. The first-order chi connectivity index (χ1) is 16.3. The second-order valence-corrected chi connectivity index (χ2v) is 7.77. The third kappa shape index (κ3) is 4.85. The number of nitro groups is 1. The first kappa shape index (κ1) is 23.2. The van der Waals surface area contributed by atoms with Gasteiger partial charge in [-0.05, 0) is 29.8 Å². The Morgan fingerprint density at radius 2 is 1.91 bits per heavy atom. The van der Waals surface area contributed by atoms with Crippen LogP contribution in [-0.2, 0) is 19.1 Å². The number of halogens is 1. The molecule has 176 valence electrons. The molecule has 2 saturated heterocycles. The molecule has 12 heteroatoms. The Balaban J connectivity index is 1.57. The number of hydrogen-bond donors (Lipinski definition) is 1. The molecule has 2 aromatic carbocycles. The minimum atomic E-state index is -0.713. The Bertz CT molecular complexity index is 1180. The van der Waals surface area contributed by atoms with E-state index in [1.165, 1.54) is 17.0 Å². The summed E-state index contributed by atoms with van der Waals surface area (Å²) in [7, 11) is 0. The number of rotatable bonds is 6. The van der Waals surface area contributed by atoms with Crippen LogP contribution in [0.1, 0.15) is 5.56 Å². The minimum absolute atomic E-state index is 0.137. The highest BCUT2D eigenvalue weighted by atomic mass is 35.5. The van der Waals surface area contributed by atoms with E-state index in [1.54, 1.807) is 30.3 Å². The molecule has 0 bridgehead atoms. The summed E-state index contributed by atoms with van der Waals surface area (Å²) >= 11 is 6.23. The summed E-state index contributed by atoms with van der Waals surface area (Å²) in [6.07, 6.45) is 1.21. The zero-order chi connectivity index (χ0) is 24.2. The van der Waals surface area contributed by atoms with Crippen molar-refractivity contribution in [2.75, 3.05) is 37.9 Å². The molecule has 2 fully saturated rings. The van der Waals surface area contributed by atoms with E-state index in [0.717, 1.165) is 11.1 Å². The molecule has 0 radical (unpaired) electrons. The fraction of sp³-hybridized carbons (Fsp3) is 0.227. The Hall–Kier alpha value is -3.96. The van der Waals surface area contributed by atoms with E-state index in [2.05, 4.69) is 5.43 Å². The van der Waals surface area contributed by atoms with Crippen LogP contribution in [0.2, 0.25) is 5.02 Å². The van der Waals surface area contributed by atoms with Crippen LogP contribution < -0.4 is 15.2 Å². The standard InChI is InChI=1S/C22H19ClN4O7/c23-17-11-14(10-16-21(29)24-26(22(16)30)15-4-2-1-3-5-15)12-18(27(31)32)20(17)34-13-19(28)25-6-8-33-9-7-25/h1-5,10-12H,6-9,13H2,(H,24,29)/b16-10-. The van der Waals surface area contributed by atoms with Gasteiger partial charge in [-0.2, -0.15) is 0 Å². The molecule has 2 aliphatic rings. The fourth-order valence-electron chi connectivity index (χ4n) is 3.48. The topological polar surface area (TPSA) is 131 Å². The number of hydrazine groups is 1. The van der Waals surface area contributed by atoms with Gasteiger partial charge in [0.15, 0.2) is 6.61 Å². The molecule has 0 unspecified atom stereocenters. The second kappa shape index (κ2) is 9.89. The zero-order valence-electron chi connectivity index (χ0n) is 17.7. The summed E-state index contributed by atoms with van der Waals surface area (Å²) < 4.78 is 10.6. The SMILES string of the molecule is O=C1NN(c2ccccc2)C(=O)/C1=C\c1cc(Cl)c(OCC(=O)N2CCOCC2)c([N+](=O)[O-])c1. The largest absolute Gasteiger partial charge is 0.476 e. The number of morpholine rings is 1. The maximum atomic E-state index is 12.8. The summed E-state index contributed by atoms with van der Waals surface area (Å²) in [5.74, 6) is -1.91. The van der Waals surface area contributed by atoms with E-state index in [9.17, 15) is 24.5 Å². The van der Waals surface area contributed by atoms with Crippen LogP contribution in [0.4, 0.5) is 11.4 Å². The van der Waals surface area contributed by atoms with Crippen molar-refractivity contribution in [1.29, 1.82) is 0 Å². The van der Waals surface area contributed by atoms with Crippen LogP contribution in [0.5, 0.6) is 5.75 Å². The lowest BCUT2D eigenvalue weighted by atomic mass is 10.1. The van der Waals surface area contributed by atoms with Crippen LogP contribution in [0.25, 0.3) is 6.08 Å². The van der Waals surface area contributed by atoms with Crippen LogP contribution in [0, 0.1) is 10.1 Å². The zero-order valence-corrected chi connectivity index (χ0v) is 18.5. The van der Waals surface area contributed by atoms with E-state index in [4.69, 9.17) is 21.1 Å². The van der Waals surface area contributed by atoms with Gasteiger partial charge in [-0.3, -0.25) is 29.9 Å². The lowest BCUT2D eigenvalue weighted by Gasteiger charge is -2.26. The van der Waals surface area contributed by atoms with Gasteiger partial charge in [-0.25, -0.2) is 5.01 Å². The van der Waals surface area contributed by atoms with Gasteiger partial charge in [0.05, 0.1) is 28.8 Å². The highest BCUT2D eigenvalue weighted by molar-refractivity contribution is 6.33. The third-order valence-corrected chi connectivity index (χ3v) is 5.44. The molecular weight excluding hydrogens is 468 g/mol. The number of nitrogens with one attached hydrogen (secondary N) is 1. The van der Waals surface area contributed by atoms with Gasteiger partial charge >= 0.3 is 5.69 Å². The number of nitrogens with zero attached hydrogens (tertiary/aromatic N) is 3. The van der Waals surface area contributed by atoms with Crippen LogP contribution in [-0.4, -0.2) is 60.5 Å². The minimum Gasteiger partial charge on any atom is -0.476 e. The summed E-state index contributed by atoms with van der Waals surface area (Å²) in [4.78, 5) is 49.9. The number of carbonyl (C=O) groups excluding carboxylic acids is 3. The number of nitro benzene ring substituents is 1. The van der Waals surface area contributed by atoms with Crippen molar-refractivity contribution in [3.05, 3.63) is 68.7 Å². The van der Waals surface area contributed by atoms with Gasteiger partial charge in [-0.15, -0.1) is 0 Å². The maximum absolute atomic E-state index is 12.8. The Labute approximate surface area is 198 Å². The molecule has 2 heterocycles. The van der Waals surface area contributed by atoms with Crippen molar-refractivity contribution in [1.82, 2.24) is 10.3 Å². The van der Waals surface area contributed by atoms with Crippen LogP contribution >= 0.6 is 11.6 Å². The molecule has 3 amide bonds. The summed E-state index contributed by atoms with van der Waals surface area (Å²) in [5.41, 5.74) is 2.34. The van der Waals surface area contributed by atoms with Gasteiger partial charge in [0, 0.05) is 19.2 Å². The summed E-state index contributed by atoms with van der Waals surface area (Å²) in [6.45, 7) is 1.18. The first-order valence-electron chi connectivity index (χ1n) is 10.2. The lowest BCUT2D eigenvalue weighted by Crippen LogP contribution is -2.43. The number of para-hydroxylation sites is 1. The molecule has 11 nitrogen and oxygen atoms in total. The Kier molecular flexibility index (Phi) is 6.75. The van der Waals surface area contributed by atoms with E-state index in [0.29, 0.717) is 32.0 Å². The average Bonchev–Trinajstić information content (AvgIpc) is 3.12. The quantitative estimate of drug-likeness (QED) is 0.285. The molecular formula is C22H19ClN4O7. The number of anilines is 1. The van der Waals surface area contributed by atoms with Crippen molar-refractivity contribution in [3.63, 3.8) is 0 Å². The molecule has 4 rings (SSSR count). The number of hydrogen-bond acceptors (Lipinski definition) is 7. The summed E-state index contributed by atoms with van der Waals surface area (Å²) in [5, 5.41) is 12.6. The van der Waals surface area contributed by atoms with Crippen LogP contribution in [0.3, 0.4) is 0 Å². The summed E-state index contributed by atoms with van der Waals surface area (Å²) in [6, 6.07) is 10.9. The van der Waals surface area contributed by atoms with Gasteiger partial charge in [0.2, 0.25) is 5.75 Å². The van der Waals surface area contributed by atoms with Crippen LogP contribution in [0.15, 0.2) is 48.0 Å². The normalized spacial score (nSPS) is 17.1. The van der Waals surface area contributed by atoms with E-state index in [-0.39, 0.29) is 27.8 Å².